The second-order valence-electron chi connectivity index (χ2n) is 10.9. The largest absolute Gasteiger partial charge is 0.377 e. The van der Waals surface area contributed by atoms with E-state index in [1.165, 1.54) is 18.2 Å². The molecule has 8 nitrogen and oxygen atoms in total. The molecule has 1 aliphatic heterocycles. The van der Waals surface area contributed by atoms with Crippen molar-refractivity contribution in [3.63, 3.8) is 0 Å². The first-order valence-electron chi connectivity index (χ1n) is 12.5. The van der Waals surface area contributed by atoms with Gasteiger partial charge in [0.2, 0.25) is 0 Å². The first-order valence-corrected chi connectivity index (χ1v) is 12.5. The minimum Gasteiger partial charge on any atom is -0.377 e. The molecule has 2 fully saturated rings. The molecule has 0 amide bonds. The maximum atomic E-state index is 14.5. The summed E-state index contributed by atoms with van der Waals surface area (Å²) in [5.74, 6) is -0.424. The van der Waals surface area contributed by atoms with Crippen molar-refractivity contribution in [3.05, 3.63) is 83.3 Å². The number of benzene rings is 1. The van der Waals surface area contributed by atoms with Gasteiger partial charge in [0.1, 0.15) is 11.6 Å². The summed E-state index contributed by atoms with van der Waals surface area (Å²) in [6.07, 6.45) is 6.64. The van der Waals surface area contributed by atoms with E-state index in [4.69, 9.17) is 9.72 Å². The van der Waals surface area contributed by atoms with Crippen LogP contribution in [0, 0.1) is 17.0 Å². The summed E-state index contributed by atoms with van der Waals surface area (Å²) in [7, 11) is 0. The topological polar surface area (TPSA) is 107 Å². The van der Waals surface area contributed by atoms with Crippen molar-refractivity contribution in [2.45, 2.75) is 43.6 Å². The Morgan fingerprint density at radius 3 is 2.42 bits per heavy atom. The van der Waals surface area contributed by atoms with Gasteiger partial charge in [-0.15, -0.1) is 5.10 Å². The molecule has 0 radical (unpaired) electrons. The number of ether oxygens (including phenoxy) is 1. The van der Waals surface area contributed by atoms with Crippen LogP contribution in [0.1, 0.15) is 55.4 Å². The Labute approximate surface area is 217 Å². The average Bonchev–Trinajstić information content (AvgIpc) is 3.28. The number of hydrogen-bond acceptors (Lipinski definition) is 8. The van der Waals surface area contributed by atoms with E-state index in [0.29, 0.717) is 17.2 Å². The summed E-state index contributed by atoms with van der Waals surface area (Å²) in [5, 5.41) is 19.3. The van der Waals surface area contributed by atoms with E-state index in [0.717, 1.165) is 29.8 Å². The Morgan fingerprint density at radius 1 is 1.00 bits per heavy atom. The van der Waals surface area contributed by atoms with Crippen LogP contribution in [0.25, 0.3) is 22.6 Å². The molecule has 10 heteroatoms. The van der Waals surface area contributed by atoms with Gasteiger partial charge in [-0.05, 0) is 54.0 Å². The molecule has 1 saturated carbocycles. The van der Waals surface area contributed by atoms with Crippen LogP contribution < -0.4 is 0 Å². The molecule has 2 bridgehead atoms. The maximum absolute atomic E-state index is 14.5. The molecule has 2 aliphatic carbocycles. The summed E-state index contributed by atoms with van der Waals surface area (Å²) in [6, 6.07) is 7.48. The number of aliphatic hydroxyl groups is 1. The average molecular weight is 515 g/mol. The monoisotopic (exact) mass is 514 g/mol. The first kappa shape index (κ1) is 23.4. The number of aromatic nitrogens is 6. The molecule has 0 unspecified atom stereocenters. The molecule has 0 spiro atoms. The van der Waals surface area contributed by atoms with Gasteiger partial charge in [0.25, 0.3) is 0 Å². The zero-order valence-electron chi connectivity index (χ0n) is 20.8. The van der Waals surface area contributed by atoms with Crippen molar-refractivity contribution in [2.24, 2.45) is 5.41 Å². The van der Waals surface area contributed by atoms with Crippen molar-refractivity contribution in [1.29, 1.82) is 0 Å². The van der Waals surface area contributed by atoms with E-state index in [-0.39, 0.29) is 35.8 Å². The van der Waals surface area contributed by atoms with Crippen LogP contribution in [0.3, 0.4) is 0 Å². The van der Waals surface area contributed by atoms with Gasteiger partial charge in [-0.25, -0.2) is 28.7 Å². The van der Waals surface area contributed by atoms with Crippen LogP contribution >= 0.6 is 0 Å². The van der Waals surface area contributed by atoms with Gasteiger partial charge in [-0.3, -0.25) is 0 Å². The van der Waals surface area contributed by atoms with Crippen LogP contribution in [-0.2, 0) is 15.8 Å². The molecule has 1 saturated heterocycles. The lowest BCUT2D eigenvalue weighted by Gasteiger charge is -2.37. The lowest BCUT2D eigenvalue weighted by atomic mass is 9.66. The van der Waals surface area contributed by atoms with Gasteiger partial charge >= 0.3 is 0 Å². The molecule has 4 heterocycles. The summed E-state index contributed by atoms with van der Waals surface area (Å²) in [5.41, 5.74) is 1.25. The minimum atomic E-state index is -1.15. The van der Waals surface area contributed by atoms with E-state index in [1.54, 1.807) is 24.7 Å². The van der Waals surface area contributed by atoms with Crippen molar-refractivity contribution in [2.75, 3.05) is 13.2 Å². The van der Waals surface area contributed by atoms with Crippen LogP contribution in [-0.4, -0.2) is 48.5 Å². The lowest BCUT2D eigenvalue weighted by Crippen LogP contribution is -2.47. The van der Waals surface area contributed by atoms with E-state index in [2.05, 4.69) is 39.0 Å². The summed E-state index contributed by atoms with van der Waals surface area (Å²) < 4.78 is 34.2. The molecule has 192 valence electrons. The molecule has 1 N–H and O–H groups in total. The quantitative estimate of drug-likeness (QED) is 0.434. The van der Waals surface area contributed by atoms with E-state index < -0.39 is 22.7 Å². The maximum Gasteiger partial charge on any atom is 0.170 e. The van der Waals surface area contributed by atoms with E-state index >= 15 is 0 Å². The molecule has 3 aromatic heterocycles. The smallest absolute Gasteiger partial charge is 0.170 e. The highest BCUT2D eigenvalue weighted by atomic mass is 19.1. The summed E-state index contributed by atoms with van der Waals surface area (Å²) in [6.45, 7) is 4.72. The van der Waals surface area contributed by atoms with Crippen molar-refractivity contribution >= 4 is 0 Å². The fraction of sp³-hybridized carbons (Fsp3) is 0.357. The first-order chi connectivity index (χ1) is 18.2. The van der Waals surface area contributed by atoms with Crippen LogP contribution in [0.4, 0.5) is 8.78 Å². The molecule has 1 aromatic carbocycles. The molecule has 4 aromatic rings. The van der Waals surface area contributed by atoms with Crippen molar-refractivity contribution < 1.29 is 18.6 Å². The SMILES string of the molecule is CC1(C)[C@H]2CC[C@@]1(c1ccnc(-c3cnc(C4(O)COC4)nc3)n1)c1nnc(-c3c(F)cccc3F)cc12. The fourth-order valence-corrected chi connectivity index (χ4v) is 6.60. The third-order valence-corrected chi connectivity index (χ3v) is 8.70. The Bertz CT molecular complexity index is 1570. The Hall–Kier alpha value is -3.76. The molecular formula is C28H24F2N6O2. The van der Waals surface area contributed by atoms with E-state index in [9.17, 15) is 13.9 Å². The third-order valence-electron chi connectivity index (χ3n) is 8.70. The second kappa shape index (κ2) is 7.87. The van der Waals surface area contributed by atoms with Gasteiger partial charge in [0, 0.05) is 18.6 Å². The zero-order valence-corrected chi connectivity index (χ0v) is 20.8. The lowest BCUT2D eigenvalue weighted by molar-refractivity contribution is -0.189. The second-order valence-corrected chi connectivity index (χ2v) is 10.9. The highest BCUT2D eigenvalue weighted by Gasteiger charge is 2.65. The number of nitrogens with zero attached hydrogens (tertiary/aromatic N) is 6. The fourth-order valence-electron chi connectivity index (χ4n) is 6.60. The van der Waals surface area contributed by atoms with Gasteiger partial charge in [0.15, 0.2) is 17.2 Å². The number of fused-ring (bicyclic) bond motifs is 5. The van der Waals surface area contributed by atoms with E-state index in [1.807, 2.05) is 6.07 Å². The minimum absolute atomic E-state index is 0.132. The molecule has 7 rings (SSSR count). The standard InChI is InChI=1S/C28H24F2N6O2/c1-26(2)17-6-8-28(26,23-16(17)10-20(35-36-23)22-18(29)4-3-5-19(22)30)21-7-9-31-24(34-21)15-11-32-25(33-12-15)27(37)13-38-14-27/h3-5,7,9-12,17,37H,6,8,13-14H2,1-2H3/t17-,28+/m0/s1. The summed E-state index contributed by atoms with van der Waals surface area (Å²) in [4.78, 5) is 18.1. The van der Waals surface area contributed by atoms with Crippen LogP contribution in [0.5, 0.6) is 0 Å². The van der Waals surface area contributed by atoms with Gasteiger partial charge < -0.3 is 9.84 Å². The number of halogens is 2. The van der Waals surface area contributed by atoms with Gasteiger partial charge in [0.05, 0.1) is 46.8 Å². The predicted molar refractivity (Wildman–Crippen MR) is 132 cm³/mol. The Morgan fingerprint density at radius 2 is 1.74 bits per heavy atom. The number of rotatable bonds is 4. The van der Waals surface area contributed by atoms with Gasteiger partial charge in [-0.2, -0.15) is 5.10 Å². The molecule has 2 atom stereocenters. The predicted octanol–water partition coefficient (Wildman–Crippen LogP) is 4.09. The molecular weight excluding hydrogens is 490 g/mol. The Balaban J connectivity index is 1.31. The molecule has 38 heavy (non-hydrogen) atoms. The third kappa shape index (κ3) is 3.01. The summed E-state index contributed by atoms with van der Waals surface area (Å²) >= 11 is 0. The van der Waals surface area contributed by atoms with Crippen LogP contribution in [0.15, 0.2) is 48.9 Å². The van der Waals surface area contributed by atoms with Crippen molar-refractivity contribution in [1.82, 2.24) is 30.1 Å². The normalized spacial score (nSPS) is 24.2. The van der Waals surface area contributed by atoms with Gasteiger partial charge in [-0.1, -0.05) is 19.9 Å². The Kier molecular flexibility index (Phi) is 4.84. The highest BCUT2D eigenvalue weighted by molar-refractivity contribution is 5.64. The number of hydrogen-bond donors (Lipinski definition) is 1. The van der Waals surface area contributed by atoms with Crippen LogP contribution in [0.2, 0.25) is 0 Å². The molecule has 3 aliphatic rings. The van der Waals surface area contributed by atoms with Crippen molar-refractivity contribution in [3.8, 4) is 22.6 Å². The zero-order chi connectivity index (χ0) is 26.3. The highest BCUT2D eigenvalue weighted by Crippen LogP contribution is 2.69.